The maximum absolute atomic E-state index is 12.5. The molecule has 0 fully saturated rings. The Morgan fingerprint density at radius 1 is 1.17 bits per heavy atom. The number of aromatic nitrogens is 2. The molecule has 4 heteroatoms. The molecule has 0 spiro atoms. The molecule has 1 aliphatic heterocycles. The molecular weight excluding hydrogens is 300 g/mol. The van der Waals surface area contributed by atoms with Crippen LogP contribution in [-0.4, -0.2) is 15.3 Å². The number of Topliss-reactive ketones (excluding diaryl/α,β-unsaturated/α-hetero) is 1. The van der Waals surface area contributed by atoms with Crippen LogP contribution in [0.15, 0.2) is 41.2 Å². The van der Waals surface area contributed by atoms with Gasteiger partial charge in [-0.2, -0.15) is 0 Å². The molecule has 0 atom stereocenters. The number of hydrogen-bond donors (Lipinski definition) is 0. The van der Waals surface area contributed by atoms with Crippen molar-refractivity contribution in [3.63, 3.8) is 0 Å². The van der Waals surface area contributed by atoms with Crippen LogP contribution < -0.4 is 5.56 Å². The van der Waals surface area contributed by atoms with Crippen molar-refractivity contribution < 1.29 is 4.79 Å². The Labute approximate surface area is 140 Å². The van der Waals surface area contributed by atoms with Gasteiger partial charge in [-0.15, -0.1) is 0 Å². The maximum Gasteiger partial charge on any atom is 0.255 e. The lowest BCUT2D eigenvalue weighted by molar-refractivity contribution is 0.101. The fourth-order valence-electron chi connectivity index (χ4n) is 3.14. The first-order valence-corrected chi connectivity index (χ1v) is 8.20. The zero-order chi connectivity index (χ0) is 17.4. The van der Waals surface area contributed by atoms with Crippen LogP contribution in [0.3, 0.4) is 0 Å². The number of para-hydroxylation sites is 1. The minimum Gasteiger partial charge on any atom is -0.302 e. The number of ketones is 1. The molecule has 3 aromatic rings. The van der Waals surface area contributed by atoms with E-state index in [1.165, 1.54) is 6.92 Å². The molecule has 0 unspecified atom stereocenters. The molecule has 0 N–H and O–H groups in total. The van der Waals surface area contributed by atoms with Gasteiger partial charge in [-0.25, -0.2) is 4.98 Å². The Morgan fingerprint density at radius 3 is 2.58 bits per heavy atom. The van der Waals surface area contributed by atoms with Gasteiger partial charge in [0.2, 0.25) is 0 Å². The molecule has 0 aliphatic carbocycles. The molecule has 0 amide bonds. The SMILES string of the molecule is CC.CC(=O)c1cc2n(c(=O)c1C)Cc1cc3ccccc3nc1-2. The summed E-state index contributed by atoms with van der Waals surface area (Å²) in [6, 6.07) is 11.8. The van der Waals surface area contributed by atoms with Crippen molar-refractivity contribution in [3.05, 3.63) is 63.4 Å². The zero-order valence-electron chi connectivity index (χ0n) is 14.4. The van der Waals surface area contributed by atoms with Crippen molar-refractivity contribution in [2.75, 3.05) is 0 Å². The quantitative estimate of drug-likeness (QED) is 0.499. The highest BCUT2D eigenvalue weighted by molar-refractivity contribution is 5.96. The predicted molar refractivity (Wildman–Crippen MR) is 96.6 cm³/mol. The van der Waals surface area contributed by atoms with Crippen molar-refractivity contribution in [1.29, 1.82) is 0 Å². The maximum atomic E-state index is 12.5. The highest BCUT2D eigenvalue weighted by Crippen LogP contribution is 2.32. The van der Waals surface area contributed by atoms with Crippen LogP contribution in [0, 0.1) is 6.92 Å². The summed E-state index contributed by atoms with van der Waals surface area (Å²) in [5, 5.41) is 1.06. The second-order valence-electron chi connectivity index (χ2n) is 5.70. The summed E-state index contributed by atoms with van der Waals surface area (Å²) in [6.07, 6.45) is 0. The van der Waals surface area contributed by atoms with E-state index < -0.39 is 0 Å². The second kappa shape index (κ2) is 6.04. The molecule has 1 aromatic carbocycles. The molecule has 2 aromatic heterocycles. The van der Waals surface area contributed by atoms with Gasteiger partial charge in [0, 0.05) is 22.1 Å². The van der Waals surface area contributed by atoms with Gasteiger partial charge in [-0.05, 0) is 32.0 Å². The Balaban J connectivity index is 0.000000815. The summed E-state index contributed by atoms with van der Waals surface area (Å²) in [5.41, 5.74) is 4.35. The summed E-state index contributed by atoms with van der Waals surface area (Å²) in [5.74, 6) is -0.0905. The van der Waals surface area contributed by atoms with E-state index in [4.69, 9.17) is 4.98 Å². The Bertz CT molecular complexity index is 1020. The Morgan fingerprint density at radius 2 is 1.88 bits per heavy atom. The number of hydrogen-bond acceptors (Lipinski definition) is 3. The molecular formula is C20H20N2O2. The molecule has 4 nitrogen and oxygen atoms in total. The zero-order valence-corrected chi connectivity index (χ0v) is 14.4. The molecule has 3 heterocycles. The van der Waals surface area contributed by atoms with Gasteiger partial charge >= 0.3 is 0 Å². The van der Waals surface area contributed by atoms with Crippen molar-refractivity contribution in [1.82, 2.24) is 9.55 Å². The number of carbonyl (C=O) groups excluding carboxylic acids is 1. The second-order valence-corrected chi connectivity index (χ2v) is 5.70. The first-order chi connectivity index (χ1) is 11.6. The van der Waals surface area contributed by atoms with E-state index in [0.717, 1.165) is 27.9 Å². The lowest BCUT2D eigenvalue weighted by atomic mass is 10.0. The minimum atomic E-state index is -0.107. The normalized spacial score (nSPS) is 11.5. The smallest absolute Gasteiger partial charge is 0.255 e. The van der Waals surface area contributed by atoms with Crippen molar-refractivity contribution >= 4 is 16.7 Å². The van der Waals surface area contributed by atoms with Crippen molar-refractivity contribution in [2.24, 2.45) is 0 Å². The van der Waals surface area contributed by atoms with Gasteiger partial charge in [0.25, 0.3) is 5.56 Å². The highest BCUT2D eigenvalue weighted by Gasteiger charge is 2.24. The van der Waals surface area contributed by atoms with E-state index in [2.05, 4.69) is 6.07 Å². The van der Waals surface area contributed by atoms with E-state index in [0.29, 0.717) is 17.7 Å². The molecule has 4 rings (SSSR count). The Kier molecular flexibility index (Phi) is 4.06. The van der Waals surface area contributed by atoms with E-state index in [-0.39, 0.29) is 11.3 Å². The summed E-state index contributed by atoms with van der Waals surface area (Å²) >= 11 is 0. The Hall–Kier alpha value is -2.75. The molecule has 0 bridgehead atoms. The summed E-state index contributed by atoms with van der Waals surface area (Å²) in [7, 11) is 0. The lowest BCUT2D eigenvalue weighted by Gasteiger charge is -2.08. The number of carbonyl (C=O) groups is 1. The minimum absolute atomic E-state index is 0.0905. The number of nitrogens with zero attached hydrogens (tertiary/aromatic N) is 2. The topological polar surface area (TPSA) is 52.0 Å². The average Bonchev–Trinajstić information content (AvgIpc) is 2.95. The third kappa shape index (κ3) is 2.35. The van der Waals surface area contributed by atoms with Crippen LogP contribution >= 0.6 is 0 Å². The third-order valence-corrected chi connectivity index (χ3v) is 4.30. The largest absolute Gasteiger partial charge is 0.302 e. The van der Waals surface area contributed by atoms with Gasteiger partial charge in [0.1, 0.15) is 0 Å². The third-order valence-electron chi connectivity index (χ3n) is 4.30. The van der Waals surface area contributed by atoms with Gasteiger partial charge in [0.15, 0.2) is 5.78 Å². The van der Waals surface area contributed by atoms with Crippen LogP contribution in [0.1, 0.15) is 42.3 Å². The number of rotatable bonds is 1. The number of pyridine rings is 2. The fourth-order valence-corrected chi connectivity index (χ4v) is 3.14. The summed E-state index contributed by atoms with van der Waals surface area (Å²) in [6.45, 7) is 7.71. The van der Waals surface area contributed by atoms with Crippen molar-refractivity contribution in [2.45, 2.75) is 34.2 Å². The molecule has 1 aliphatic rings. The molecule has 0 saturated heterocycles. The van der Waals surface area contributed by atoms with E-state index in [1.807, 2.05) is 38.1 Å². The number of benzene rings is 1. The van der Waals surface area contributed by atoms with E-state index in [1.54, 1.807) is 17.6 Å². The summed E-state index contributed by atoms with van der Waals surface area (Å²) < 4.78 is 1.71. The predicted octanol–water partition coefficient (Wildman–Crippen LogP) is 3.96. The first-order valence-electron chi connectivity index (χ1n) is 8.20. The molecule has 0 radical (unpaired) electrons. The van der Waals surface area contributed by atoms with Gasteiger partial charge in [0.05, 0.1) is 23.4 Å². The van der Waals surface area contributed by atoms with Gasteiger partial charge < -0.3 is 4.57 Å². The standard InChI is InChI=1S/C18H14N2O2.C2H6/c1-10-14(11(2)21)8-16-17-13(9-20(16)18(10)22)7-12-5-3-4-6-15(12)19-17;1-2/h3-8H,9H2,1-2H3;1-2H3. The van der Waals surface area contributed by atoms with Crippen LogP contribution in [0.5, 0.6) is 0 Å². The molecule has 122 valence electrons. The number of fused-ring (bicyclic) bond motifs is 4. The molecule has 24 heavy (non-hydrogen) atoms. The van der Waals surface area contributed by atoms with Crippen LogP contribution in [0.2, 0.25) is 0 Å². The average molecular weight is 320 g/mol. The van der Waals surface area contributed by atoms with Crippen LogP contribution in [0.4, 0.5) is 0 Å². The highest BCUT2D eigenvalue weighted by atomic mass is 16.1. The monoisotopic (exact) mass is 320 g/mol. The van der Waals surface area contributed by atoms with Crippen LogP contribution in [0.25, 0.3) is 22.3 Å². The lowest BCUT2D eigenvalue weighted by Crippen LogP contribution is -2.23. The van der Waals surface area contributed by atoms with Crippen molar-refractivity contribution in [3.8, 4) is 11.4 Å². The van der Waals surface area contributed by atoms with E-state index in [9.17, 15) is 9.59 Å². The van der Waals surface area contributed by atoms with Gasteiger partial charge in [-0.3, -0.25) is 9.59 Å². The summed E-state index contributed by atoms with van der Waals surface area (Å²) in [4.78, 5) is 29.0. The first kappa shape index (κ1) is 16.1. The molecule has 0 saturated carbocycles. The van der Waals surface area contributed by atoms with Crippen LogP contribution in [-0.2, 0) is 6.54 Å². The van der Waals surface area contributed by atoms with Gasteiger partial charge in [-0.1, -0.05) is 32.0 Å². The van der Waals surface area contributed by atoms with E-state index >= 15 is 0 Å². The fraction of sp³-hybridized carbons (Fsp3) is 0.250.